The molecule has 1 aromatic heterocycles. The Bertz CT molecular complexity index is 574. The summed E-state index contributed by atoms with van der Waals surface area (Å²) in [5.74, 6) is 1.04. The molecule has 1 N–H and O–H groups in total. The molecule has 1 unspecified atom stereocenters. The van der Waals surface area contributed by atoms with Gasteiger partial charge < -0.3 is 4.98 Å². The zero-order valence-corrected chi connectivity index (χ0v) is 8.81. The molecule has 1 heterocycles. The van der Waals surface area contributed by atoms with Crippen LogP contribution in [-0.4, -0.2) is 9.97 Å². The molecule has 0 spiro atoms. The number of fused-ring (bicyclic) bond motifs is 1. The van der Waals surface area contributed by atoms with Crippen LogP contribution in [0.5, 0.6) is 0 Å². The summed E-state index contributed by atoms with van der Waals surface area (Å²) in [6, 6.07) is 9.82. The minimum atomic E-state index is -0.0746. The van der Waals surface area contributed by atoms with Gasteiger partial charge in [-0.25, -0.2) is 4.98 Å². The van der Waals surface area contributed by atoms with Gasteiger partial charge in [-0.05, 0) is 24.0 Å². The van der Waals surface area contributed by atoms with Gasteiger partial charge in [-0.2, -0.15) is 0 Å². The van der Waals surface area contributed by atoms with Crippen LogP contribution < -0.4 is 5.56 Å². The van der Waals surface area contributed by atoms with E-state index in [-0.39, 0.29) is 11.5 Å². The van der Waals surface area contributed by atoms with Crippen molar-refractivity contribution in [1.29, 1.82) is 0 Å². The van der Waals surface area contributed by atoms with Gasteiger partial charge in [0.25, 0.3) is 5.56 Å². The number of H-pyrrole nitrogens is 1. The maximum absolute atomic E-state index is 11.3. The first-order valence-corrected chi connectivity index (χ1v) is 5.47. The van der Waals surface area contributed by atoms with Gasteiger partial charge in [-0.15, -0.1) is 0 Å². The second-order valence-electron chi connectivity index (χ2n) is 4.11. The van der Waals surface area contributed by atoms with Crippen LogP contribution in [0.4, 0.5) is 0 Å². The summed E-state index contributed by atoms with van der Waals surface area (Å²) < 4.78 is 0. The van der Waals surface area contributed by atoms with E-state index in [1.54, 1.807) is 6.20 Å². The van der Waals surface area contributed by atoms with E-state index in [4.69, 9.17) is 0 Å². The van der Waals surface area contributed by atoms with E-state index in [2.05, 4.69) is 28.2 Å². The minimum absolute atomic E-state index is 0.0746. The van der Waals surface area contributed by atoms with E-state index >= 15 is 0 Å². The Labute approximate surface area is 93.2 Å². The largest absolute Gasteiger partial charge is 0.310 e. The highest BCUT2D eigenvalue weighted by atomic mass is 16.1. The fourth-order valence-corrected chi connectivity index (χ4v) is 2.40. The highest BCUT2D eigenvalue weighted by Crippen LogP contribution is 2.35. The topological polar surface area (TPSA) is 45.8 Å². The number of hydrogen-bond donors (Lipinski definition) is 1. The quantitative estimate of drug-likeness (QED) is 0.784. The van der Waals surface area contributed by atoms with Gasteiger partial charge in [0.15, 0.2) is 0 Å². The highest BCUT2D eigenvalue weighted by Gasteiger charge is 2.24. The number of aryl methyl sites for hydroxylation is 1. The molecular weight excluding hydrogens is 200 g/mol. The molecule has 0 fully saturated rings. The molecule has 80 valence electrons. The van der Waals surface area contributed by atoms with E-state index < -0.39 is 0 Å². The van der Waals surface area contributed by atoms with Crippen molar-refractivity contribution in [2.45, 2.75) is 18.8 Å². The molecule has 3 rings (SSSR count). The molecule has 0 aliphatic heterocycles. The Morgan fingerprint density at radius 2 is 2.12 bits per heavy atom. The molecule has 1 aliphatic carbocycles. The Morgan fingerprint density at radius 1 is 1.25 bits per heavy atom. The zero-order chi connectivity index (χ0) is 11.0. The molecule has 1 atom stereocenters. The van der Waals surface area contributed by atoms with Crippen LogP contribution in [0.1, 0.15) is 29.3 Å². The van der Waals surface area contributed by atoms with E-state index in [9.17, 15) is 4.79 Å². The Hall–Kier alpha value is -1.90. The van der Waals surface area contributed by atoms with Crippen LogP contribution in [0.3, 0.4) is 0 Å². The average molecular weight is 212 g/mol. The SMILES string of the molecule is O=c1ccnc(C2CCc3ccccc32)[nH]1. The zero-order valence-electron chi connectivity index (χ0n) is 8.81. The van der Waals surface area contributed by atoms with Crippen molar-refractivity contribution in [1.82, 2.24) is 9.97 Å². The molecule has 2 aromatic rings. The lowest BCUT2D eigenvalue weighted by atomic mass is 10.0. The van der Waals surface area contributed by atoms with E-state index in [0.29, 0.717) is 0 Å². The van der Waals surface area contributed by atoms with Crippen molar-refractivity contribution in [2.75, 3.05) is 0 Å². The first-order valence-electron chi connectivity index (χ1n) is 5.47. The number of nitrogens with one attached hydrogen (secondary N) is 1. The predicted octanol–water partition coefficient (Wildman–Crippen LogP) is 1.85. The van der Waals surface area contributed by atoms with Crippen LogP contribution in [0, 0.1) is 0 Å². The standard InChI is InChI=1S/C13H12N2O/c16-12-7-8-14-13(15-12)11-6-5-9-3-1-2-4-10(9)11/h1-4,7-8,11H,5-6H2,(H,14,15,16). The maximum atomic E-state index is 11.3. The van der Waals surface area contributed by atoms with Crippen LogP contribution >= 0.6 is 0 Å². The lowest BCUT2D eigenvalue weighted by Crippen LogP contribution is -2.12. The van der Waals surface area contributed by atoms with Gasteiger partial charge in [-0.1, -0.05) is 24.3 Å². The Balaban J connectivity index is 2.08. The van der Waals surface area contributed by atoms with Gasteiger partial charge in [-0.3, -0.25) is 4.79 Å². The normalized spacial score (nSPS) is 18.4. The van der Waals surface area contributed by atoms with Crippen molar-refractivity contribution in [2.24, 2.45) is 0 Å². The number of hydrogen-bond acceptors (Lipinski definition) is 2. The van der Waals surface area contributed by atoms with Crippen molar-refractivity contribution < 1.29 is 0 Å². The van der Waals surface area contributed by atoms with Crippen molar-refractivity contribution in [3.8, 4) is 0 Å². The van der Waals surface area contributed by atoms with Gasteiger partial charge in [0, 0.05) is 18.2 Å². The second-order valence-corrected chi connectivity index (χ2v) is 4.11. The highest BCUT2D eigenvalue weighted by molar-refractivity contribution is 5.38. The first kappa shape index (κ1) is 9.33. The number of benzene rings is 1. The first-order chi connectivity index (χ1) is 7.84. The lowest BCUT2D eigenvalue weighted by molar-refractivity contribution is 0.723. The third kappa shape index (κ3) is 1.45. The molecule has 0 saturated carbocycles. The van der Waals surface area contributed by atoms with Crippen molar-refractivity contribution in [3.63, 3.8) is 0 Å². The number of aromatic nitrogens is 2. The maximum Gasteiger partial charge on any atom is 0.250 e. The molecule has 0 bridgehead atoms. The molecule has 1 aliphatic rings. The van der Waals surface area contributed by atoms with Gasteiger partial charge >= 0.3 is 0 Å². The number of nitrogens with zero attached hydrogens (tertiary/aromatic N) is 1. The van der Waals surface area contributed by atoms with Gasteiger partial charge in [0.1, 0.15) is 5.82 Å². The molecule has 3 heteroatoms. The van der Waals surface area contributed by atoms with E-state index in [1.165, 1.54) is 17.2 Å². The fraction of sp³-hybridized carbons (Fsp3) is 0.231. The molecule has 1 aromatic carbocycles. The summed E-state index contributed by atoms with van der Waals surface area (Å²) in [4.78, 5) is 18.4. The third-order valence-electron chi connectivity index (χ3n) is 3.15. The third-order valence-corrected chi connectivity index (χ3v) is 3.15. The van der Waals surface area contributed by atoms with E-state index in [1.807, 2.05) is 6.07 Å². The fourth-order valence-electron chi connectivity index (χ4n) is 2.40. The smallest absolute Gasteiger partial charge is 0.250 e. The molecular formula is C13H12N2O. The summed E-state index contributed by atoms with van der Waals surface area (Å²) >= 11 is 0. The van der Waals surface area contributed by atoms with E-state index in [0.717, 1.165) is 18.7 Å². The summed E-state index contributed by atoms with van der Waals surface area (Å²) in [5, 5.41) is 0. The monoisotopic (exact) mass is 212 g/mol. The Kier molecular flexibility index (Phi) is 2.10. The molecule has 3 nitrogen and oxygen atoms in total. The summed E-state index contributed by atoms with van der Waals surface area (Å²) in [6.45, 7) is 0. The molecule has 16 heavy (non-hydrogen) atoms. The summed E-state index contributed by atoms with van der Waals surface area (Å²) in [7, 11) is 0. The Morgan fingerprint density at radius 3 is 3.00 bits per heavy atom. The van der Waals surface area contributed by atoms with Crippen LogP contribution in [0.15, 0.2) is 41.3 Å². The predicted molar refractivity (Wildman–Crippen MR) is 61.5 cm³/mol. The second kappa shape index (κ2) is 3.59. The summed E-state index contributed by atoms with van der Waals surface area (Å²) in [5.41, 5.74) is 2.60. The average Bonchev–Trinajstić information content (AvgIpc) is 2.72. The van der Waals surface area contributed by atoms with Crippen LogP contribution in [0.2, 0.25) is 0 Å². The van der Waals surface area contributed by atoms with Crippen LogP contribution in [0.25, 0.3) is 0 Å². The number of rotatable bonds is 1. The lowest BCUT2D eigenvalue weighted by Gasteiger charge is -2.09. The van der Waals surface area contributed by atoms with Gasteiger partial charge in [0.2, 0.25) is 0 Å². The van der Waals surface area contributed by atoms with Crippen molar-refractivity contribution >= 4 is 0 Å². The molecule has 0 amide bonds. The van der Waals surface area contributed by atoms with Crippen molar-refractivity contribution in [3.05, 3.63) is 63.8 Å². The molecule has 0 radical (unpaired) electrons. The number of aromatic amines is 1. The van der Waals surface area contributed by atoms with Crippen LogP contribution in [-0.2, 0) is 6.42 Å². The van der Waals surface area contributed by atoms with Gasteiger partial charge in [0.05, 0.1) is 0 Å². The minimum Gasteiger partial charge on any atom is -0.310 e. The molecule has 0 saturated heterocycles. The summed E-state index contributed by atoms with van der Waals surface area (Å²) in [6.07, 6.45) is 3.68.